The zero-order chi connectivity index (χ0) is 15.0. The summed E-state index contributed by atoms with van der Waals surface area (Å²) in [5.41, 5.74) is 6.31. The van der Waals surface area contributed by atoms with Crippen molar-refractivity contribution in [3.8, 4) is 0 Å². The Morgan fingerprint density at radius 3 is 2.35 bits per heavy atom. The van der Waals surface area contributed by atoms with Crippen LogP contribution in [0.25, 0.3) is 0 Å². The first kappa shape index (κ1) is 15.4. The van der Waals surface area contributed by atoms with Crippen molar-refractivity contribution >= 4 is 0 Å². The van der Waals surface area contributed by atoms with Gasteiger partial charge in [0.15, 0.2) is 0 Å². The fourth-order valence-electron chi connectivity index (χ4n) is 3.80. The largest absolute Gasteiger partial charge is 0.325 e. The molecule has 0 heterocycles. The van der Waals surface area contributed by atoms with Gasteiger partial charge in [0, 0.05) is 11.1 Å². The lowest BCUT2D eigenvalue weighted by Gasteiger charge is -2.48. The lowest BCUT2D eigenvalue weighted by Crippen LogP contribution is -2.55. The molecule has 2 N–H and O–H groups in total. The third-order valence-corrected chi connectivity index (χ3v) is 4.69. The van der Waals surface area contributed by atoms with Gasteiger partial charge in [0.25, 0.3) is 0 Å². The van der Waals surface area contributed by atoms with Crippen LogP contribution in [0.4, 0.5) is 8.78 Å². The van der Waals surface area contributed by atoms with E-state index in [0.29, 0.717) is 0 Å². The maximum absolute atomic E-state index is 13.9. The molecule has 1 aliphatic carbocycles. The van der Waals surface area contributed by atoms with Crippen LogP contribution < -0.4 is 5.73 Å². The summed E-state index contributed by atoms with van der Waals surface area (Å²) in [7, 11) is 0. The minimum Gasteiger partial charge on any atom is -0.325 e. The molecule has 2 atom stereocenters. The van der Waals surface area contributed by atoms with Crippen LogP contribution >= 0.6 is 0 Å². The number of hydrogen-bond acceptors (Lipinski definition) is 1. The van der Waals surface area contributed by atoms with Crippen LogP contribution in [-0.2, 0) is 6.42 Å². The molecule has 0 bridgehead atoms. The molecule has 112 valence electrons. The summed E-state index contributed by atoms with van der Waals surface area (Å²) in [4.78, 5) is 0. The molecular formula is C17H25F2N. The molecule has 1 aliphatic rings. The molecule has 0 aliphatic heterocycles. The van der Waals surface area contributed by atoms with Gasteiger partial charge in [-0.2, -0.15) is 0 Å². The molecule has 1 aromatic carbocycles. The van der Waals surface area contributed by atoms with Crippen molar-refractivity contribution in [3.05, 3.63) is 35.4 Å². The Morgan fingerprint density at radius 2 is 1.80 bits per heavy atom. The van der Waals surface area contributed by atoms with Crippen molar-refractivity contribution in [2.45, 2.75) is 58.4 Å². The number of nitrogens with two attached hydrogens (primary N) is 1. The number of halogens is 2. The highest BCUT2D eigenvalue weighted by atomic mass is 19.1. The Bertz CT molecular complexity index is 458. The Hall–Kier alpha value is -0.960. The topological polar surface area (TPSA) is 26.0 Å². The Labute approximate surface area is 120 Å². The summed E-state index contributed by atoms with van der Waals surface area (Å²) in [6.07, 6.45) is 4.35. The van der Waals surface area contributed by atoms with E-state index in [1.165, 1.54) is 18.2 Å². The minimum absolute atomic E-state index is 0.0525. The standard InChI is InChI=1S/C17H25F2N/c1-16(2,3)15-9-4-5-10-17(15,20)11-12-13(18)7-6-8-14(12)19/h6-8,15H,4-5,9-11,20H2,1-3H3. The van der Waals surface area contributed by atoms with Crippen LogP contribution in [-0.4, -0.2) is 5.54 Å². The predicted octanol–water partition coefficient (Wildman–Crippen LogP) is 4.44. The monoisotopic (exact) mass is 281 g/mol. The third-order valence-electron chi connectivity index (χ3n) is 4.69. The highest BCUT2D eigenvalue weighted by Gasteiger charge is 2.44. The zero-order valence-electron chi connectivity index (χ0n) is 12.7. The molecule has 0 radical (unpaired) electrons. The van der Waals surface area contributed by atoms with Crippen molar-refractivity contribution in [1.29, 1.82) is 0 Å². The van der Waals surface area contributed by atoms with E-state index in [-0.39, 0.29) is 23.3 Å². The van der Waals surface area contributed by atoms with Gasteiger partial charge in [-0.1, -0.05) is 39.7 Å². The molecule has 1 aromatic rings. The third kappa shape index (κ3) is 3.03. The average Bonchev–Trinajstić information content (AvgIpc) is 2.33. The van der Waals surface area contributed by atoms with Crippen LogP contribution in [0.2, 0.25) is 0 Å². The first-order chi connectivity index (χ1) is 9.24. The maximum atomic E-state index is 13.9. The second kappa shape index (κ2) is 5.44. The van der Waals surface area contributed by atoms with E-state index >= 15 is 0 Å². The Morgan fingerprint density at radius 1 is 1.20 bits per heavy atom. The van der Waals surface area contributed by atoms with Crippen molar-refractivity contribution in [2.75, 3.05) is 0 Å². The van der Waals surface area contributed by atoms with Gasteiger partial charge in [0.05, 0.1) is 0 Å². The molecule has 2 unspecified atom stereocenters. The second-order valence-electron chi connectivity index (χ2n) is 7.27. The number of rotatable bonds is 2. The van der Waals surface area contributed by atoms with E-state index in [4.69, 9.17) is 5.73 Å². The second-order valence-corrected chi connectivity index (χ2v) is 7.27. The van der Waals surface area contributed by atoms with Gasteiger partial charge in [-0.05, 0) is 42.7 Å². The molecule has 0 saturated heterocycles. The van der Waals surface area contributed by atoms with E-state index in [0.717, 1.165) is 25.7 Å². The van der Waals surface area contributed by atoms with Crippen molar-refractivity contribution in [3.63, 3.8) is 0 Å². The highest BCUT2D eigenvalue weighted by Crippen LogP contribution is 2.44. The quantitative estimate of drug-likeness (QED) is 0.852. The molecule has 1 saturated carbocycles. The van der Waals surface area contributed by atoms with Crippen molar-refractivity contribution in [2.24, 2.45) is 17.1 Å². The van der Waals surface area contributed by atoms with Gasteiger partial charge in [-0.15, -0.1) is 0 Å². The zero-order valence-corrected chi connectivity index (χ0v) is 12.7. The van der Waals surface area contributed by atoms with Gasteiger partial charge < -0.3 is 5.73 Å². The van der Waals surface area contributed by atoms with Crippen molar-refractivity contribution < 1.29 is 8.78 Å². The summed E-state index contributed by atoms with van der Waals surface area (Å²) in [5, 5.41) is 0. The number of hydrogen-bond donors (Lipinski definition) is 1. The van der Waals surface area contributed by atoms with Crippen LogP contribution in [0, 0.1) is 23.0 Å². The molecule has 20 heavy (non-hydrogen) atoms. The lowest BCUT2D eigenvalue weighted by molar-refractivity contribution is 0.0780. The maximum Gasteiger partial charge on any atom is 0.129 e. The highest BCUT2D eigenvalue weighted by molar-refractivity contribution is 5.23. The van der Waals surface area contributed by atoms with E-state index in [2.05, 4.69) is 20.8 Å². The van der Waals surface area contributed by atoms with Crippen LogP contribution in [0.3, 0.4) is 0 Å². The average molecular weight is 281 g/mol. The van der Waals surface area contributed by atoms with Gasteiger partial charge in [0.2, 0.25) is 0 Å². The minimum atomic E-state index is -0.514. The van der Waals surface area contributed by atoms with E-state index in [1.54, 1.807) is 0 Å². The fourth-order valence-corrected chi connectivity index (χ4v) is 3.80. The number of benzene rings is 1. The normalized spacial score (nSPS) is 27.6. The summed E-state index contributed by atoms with van der Waals surface area (Å²) in [5.74, 6) is -0.677. The summed E-state index contributed by atoms with van der Waals surface area (Å²) in [6, 6.07) is 4.03. The van der Waals surface area contributed by atoms with E-state index < -0.39 is 17.2 Å². The van der Waals surface area contributed by atoms with Crippen LogP contribution in [0.15, 0.2) is 18.2 Å². The summed E-state index contributed by atoms with van der Waals surface area (Å²) in [6.45, 7) is 6.51. The summed E-state index contributed by atoms with van der Waals surface area (Å²) >= 11 is 0. The van der Waals surface area contributed by atoms with E-state index in [9.17, 15) is 8.78 Å². The molecule has 0 aromatic heterocycles. The fraction of sp³-hybridized carbons (Fsp3) is 0.647. The molecule has 3 heteroatoms. The van der Waals surface area contributed by atoms with Crippen molar-refractivity contribution in [1.82, 2.24) is 0 Å². The molecular weight excluding hydrogens is 256 g/mol. The first-order valence-corrected chi connectivity index (χ1v) is 7.46. The SMILES string of the molecule is CC(C)(C)C1CCCCC1(N)Cc1c(F)cccc1F. The molecule has 2 rings (SSSR count). The lowest BCUT2D eigenvalue weighted by atomic mass is 9.60. The van der Waals surface area contributed by atoms with Crippen LogP contribution in [0.1, 0.15) is 52.0 Å². The molecule has 0 amide bonds. The molecule has 1 nitrogen and oxygen atoms in total. The van der Waals surface area contributed by atoms with Gasteiger partial charge in [-0.25, -0.2) is 8.78 Å². The molecule has 0 spiro atoms. The van der Waals surface area contributed by atoms with Gasteiger partial charge in [-0.3, -0.25) is 0 Å². The van der Waals surface area contributed by atoms with Crippen LogP contribution in [0.5, 0.6) is 0 Å². The molecule has 1 fully saturated rings. The smallest absolute Gasteiger partial charge is 0.129 e. The van der Waals surface area contributed by atoms with Gasteiger partial charge in [0.1, 0.15) is 11.6 Å². The Kier molecular flexibility index (Phi) is 4.19. The Balaban J connectivity index is 2.33. The first-order valence-electron chi connectivity index (χ1n) is 7.46. The van der Waals surface area contributed by atoms with Gasteiger partial charge >= 0.3 is 0 Å². The predicted molar refractivity (Wildman–Crippen MR) is 78.4 cm³/mol. The van der Waals surface area contributed by atoms with E-state index in [1.807, 2.05) is 0 Å². The summed E-state index contributed by atoms with van der Waals surface area (Å²) < 4.78 is 27.8.